The van der Waals surface area contributed by atoms with Gasteiger partial charge in [-0.3, -0.25) is 0 Å². The molecule has 7 heavy (non-hydrogen) atoms. The summed E-state index contributed by atoms with van der Waals surface area (Å²) in [5.41, 5.74) is 6.69. The second kappa shape index (κ2) is 1.54. The van der Waals surface area contributed by atoms with Gasteiger partial charge in [-0.05, 0) is 13.0 Å². The van der Waals surface area contributed by atoms with Crippen LogP contribution in [0.2, 0.25) is 0 Å². The first-order valence-electron chi connectivity index (χ1n) is 2.47. The summed E-state index contributed by atoms with van der Waals surface area (Å²) < 4.78 is 0. The van der Waals surface area contributed by atoms with Gasteiger partial charge in [-0.15, -0.1) is 0 Å². The number of allylic oxidation sites excluding steroid dienone is 1. The summed E-state index contributed by atoms with van der Waals surface area (Å²) in [6.45, 7) is 2.93. The second-order valence-corrected chi connectivity index (χ2v) is 1.89. The van der Waals surface area contributed by atoms with Crippen molar-refractivity contribution in [3.63, 3.8) is 0 Å². The Hall–Kier alpha value is -0.500. The molecule has 0 saturated carbocycles. The SMILES string of the molecule is CC1=C[C@@H](N)CN1. The van der Waals surface area contributed by atoms with E-state index >= 15 is 0 Å². The monoisotopic (exact) mass is 98.1 g/mol. The molecule has 0 aromatic heterocycles. The van der Waals surface area contributed by atoms with Gasteiger partial charge in [0.05, 0.1) is 0 Å². The third-order valence-electron chi connectivity index (χ3n) is 1.08. The average molecular weight is 98.1 g/mol. The summed E-state index contributed by atoms with van der Waals surface area (Å²) in [6.07, 6.45) is 2.03. The topological polar surface area (TPSA) is 38.0 Å². The van der Waals surface area contributed by atoms with Gasteiger partial charge in [0.15, 0.2) is 0 Å². The van der Waals surface area contributed by atoms with E-state index in [1.807, 2.05) is 13.0 Å². The van der Waals surface area contributed by atoms with Gasteiger partial charge < -0.3 is 11.1 Å². The van der Waals surface area contributed by atoms with Crippen LogP contribution < -0.4 is 11.1 Å². The first kappa shape index (κ1) is 4.65. The van der Waals surface area contributed by atoms with Crippen molar-refractivity contribution >= 4 is 0 Å². The molecule has 3 N–H and O–H groups in total. The van der Waals surface area contributed by atoms with E-state index in [0.29, 0.717) is 0 Å². The number of hydrogen-bond acceptors (Lipinski definition) is 2. The lowest BCUT2D eigenvalue weighted by atomic mass is 10.3. The van der Waals surface area contributed by atoms with Crippen molar-refractivity contribution in [3.05, 3.63) is 11.8 Å². The molecule has 0 amide bonds. The van der Waals surface area contributed by atoms with Crippen LogP contribution in [0.4, 0.5) is 0 Å². The van der Waals surface area contributed by atoms with E-state index in [1.165, 1.54) is 5.70 Å². The van der Waals surface area contributed by atoms with Crippen molar-refractivity contribution in [2.75, 3.05) is 6.54 Å². The molecular formula is C5H10N2. The minimum atomic E-state index is 0.250. The predicted octanol–water partition coefficient (Wildman–Crippen LogP) is -0.179. The van der Waals surface area contributed by atoms with Gasteiger partial charge in [-0.2, -0.15) is 0 Å². The highest BCUT2D eigenvalue weighted by Gasteiger charge is 2.04. The average Bonchev–Trinajstić information content (AvgIpc) is 1.87. The van der Waals surface area contributed by atoms with Crippen LogP contribution >= 0.6 is 0 Å². The lowest BCUT2D eigenvalue weighted by Crippen LogP contribution is -2.23. The molecular weight excluding hydrogens is 88.1 g/mol. The van der Waals surface area contributed by atoms with E-state index in [-0.39, 0.29) is 6.04 Å². The molecule has 0 saturated heterocycles. The van der Waals surface area contributed by atoms with Crippen LogP contribution in [0.3, 0.4) is 0 Å². The largest absolute Gasteiger partial charge is 0.387 e. The summed E-state index contributed by atoms with van der Waals surface area (Å²) in [7, 11) is 0. The molecule has 40 valence electrons. The third-order valence-corrected chi connectivity index (χ3v) is 1.08. The third kappa shape index (κ3) is 0.933. The maximum atomic E-state index is 5.49. The molecule has 1 atom stereocenters. The Bertz CT molecular complexity index is 96.3. The smallest absolute Gasteiger partial charge is 0.0419 e. The van der Waals surface area contributed by atoms with Gasteiger partial charge in [-0.1, -0.05) is 0 Å². The van der Waals surface area contributed by atoms with Crippen LogP contribution in [-0.4, -0.2) is 12.6 Å². The van der Waals surface area contributed by atoms with E-state index in [9.17, 15) is 0 Å². The molecule has 0 aromatic rings. The Labute approximate surface area is 43.4 Å². The molecule has 0 aromatic carbocycles. The van der Waals surface area contributed by atoms with E-state index in [0.717, 1.165) is 6.54 Å². The quantitative estimate of drug-likeness (QED) is 0.441. The molecule has 0 bridgehead atoms. The van der Waals surface area contributed by atoms with Crippen molar-refractivity contribution in [3.8, 4) is 0 Å². The summed E-state index contributed by atoms with van der Waals surface area (Å²) in [6, 6.07) is 0.250. The second-order valence-electron chi connectivity index (χ2n) is 1.89. The van der Waals surface area contributed by atoms with Crippen LogP contribution in [0.1, 0.15) is 6.92 Å². The van der Waals surface area contributed by atoms with E-state index < -0.39 is 0 Å². The van der Waals surface area contributed by atoms with Gasteiger partial charge in [-0.25, -0.2) is 0 Å². The molecule has 0 fully saturated rings. The van der Waals surface area contributed by atoms with Crippen molar-refractivity contribution in [2.24, 2.45) is 5.73 Å². The highest BCUT2D eigenvalue weighted by Crippen LogP contribution is 1.96. The first-order valence-corrected chi connectivity index (χ1v) is 2.47. The number of hydrogen-bond donors (Lipinski definition) is 2. The standard InChI is InChI=1S/C5H10N2/c1-4-2-5(6)3-7-4/h2,5,7H,3,6H2,1H3/t5-/m1/s1. The fourth-order valence-electron chi connectivity index (χ4n) is 0.718. The van der Waals surface area contributed by atoms with Crippen LogP contribution in [0, 0.1) is 0 Å². The maximum Gasteiger partial charge on any atom is 0.0419 e. The predicted molar refractivity (Wildman–Crippen MR) is 29.7 cm³/mol. The molecule has 0 spiro atoms. The Morgan fingerprint density at radius 2 is 2.71 bits per heavy atom. The molecule has 1 rings (SSSR count). The van der Waals surface area contributed by atoms with Gasteiger partial charge in [0.2, 0.25) is 0 Å². The van der Waals surface area contributed by atoms with Crippen molar-refractivity contribution < 1.29 is 0 Å². The highest BCUT2D eigenvalue weighted by molar-refractivity contribution is 5.08. The van der Waals surface area contributed by atoms with E-state index in [1.54, 1.807) is 0 Å². The number of nitrogens with two attached hydrogens (primary N) is 1. The van der Waals surface area contributed by atoms with Crippen molar-refractivity contribution in [2.45, 2.75) is 13.0 Å². The summed E-state index contributed by atoms with van der Waals surface area (Å²) in [4.78, 5) is 0. The molecule has 2 heteroatoms. The fourth-order valence-corrected chi connectivity index (χ4v) is 0.718. The van der Waals surface area contributed by atoms with Crippen LogP contribution in [-0.2, 0) is 0 Å². The van der Waals surface area contributed by atoms with Crippen molar-refractivity contribution in [1.82, 2.24) is 5.32 Å². The molecule has 0 aliphatic carbocycles. The van der Waals surface area contributed by atoms with Crippen LogP contribution in [0.25, 0.3) is 0 Å². The summed E-state index contributed by atoms with van der Waals surface area (Å²) in [5, 5.41) is 3.11. The van der Waals surface area contributed by atoms with Gasteiger partial charge >= 0.3 is 0 Å². The summed E-state index contributed by atoms with van der Waals surface area (Å²) >= 11 is 0. The van der Waals surface area contributed by atoms with E-state index in [2.05, 4.69) is 5.32 Å². The Morgan fingerprint density at radius 1 is 2.00 bits per heavy atom. The zero-order valence-electron chi connectivity index (χ0n) is 4.44. The summed E-state index contributed by atoms with van der Waals surface area (Å²) in [5.74, 6) is 0. The normalized spacial score (nSPS) is 29.4. The Morgan fingerprint density at radius 3 is 2.86 bits per heavy atom. The van der Waals surface area contributed by atoms with Gasteiger partial charge in [0, 0.05) is 18.3 Å². The molecule has 1 heterocycles. The number of rotatable bonds is 0. The number of nitrogens with one attached hydrogen (secondary N) is 1. The molecule has 0 unspecified atom stereocenters. The molecule has 0 radical (unpaired) electrons. The lowest BCUT2D eigenvalue weighted by Gasteiger charge is -1.93. The Balaban J connectivity index is 2.50. The maximum absolute atomic E-state index is 5.49. The highest BCUT2D eigenvalue weighted by atomic mass is 14.9. The molecule has 2 nitrogen and oxygen atoms in total. The Kier molecular flexibility index (Phi) is 1.02. The minimum Gasteiger partial charge on any atom is -0.387 e. The molecule has 1 aliphatic heterocycles. The first-order chi connectivity index (χ1) is 3.29. The van der Waals surface area contributed by atoms with Crippen LogP contribution in [0.5, 0.6) is 0 Å². The van der Waals surface area contributed by atoms with Gasteiger partial charge in [0.1, 0.15) is 0 Å². The zero-order chi connectivity index (χ0) is 5.28. The van der Waals surface area contributed by atoms with E-state index in [4.69, 9.17) is 5.73 Å². The zero-order valence-corrected chi connectivity index (χ0v) is 4.44. The van der Waals surface area contributed by atoms with Crippen molar-refractivity contribution in [1.29, 1.82) is 0 Å². The fraction of sp³-hybridized carbons (Fsp3) is 0.600. The van der Waals surface area contributed by atoms with Gasteiger partial charge in [0.25, 0.3) is 0 Å². The minimum absolute atomic E-state index is 0.250. The van der Waals surface area contributed by atoms with Crippen LogP contribution in [0.15, 0.2) is 11.8 Å². The molecule has 1 aliphatic rings. The lowest BCUT2D eigenvalue weighted by molar-refractivity contribution is 0.780.